The molecular formula is C52H92O24Ti. The minimum atomic E-state index is -2.00. The van der Waals surface area contributed by atoms with Gasteiger partial charge in [0.05, 0.1) is 98.9 Å². The Balaban J connectivity index is -0.000000298. The molecule has 0 amide bonds. The number of aliphatic carboxylic acids is 4. The average Bonchev–Trinajstić information content (AvgIpc) is 3.14. The minimum absolute atomic E-state index is 0. The van der Waals surface area contributed by atoms with E-state index in [1.54, 1.807) is 166 Å². The zero-order valence-corrected chi connectivity index (χ0v) is 51.6. The Hall–Kier alpha value is -3.21. The van der Waals surface area contributed by atoms with E-state index in [0.29, 0.717) is 0 Å². The second-order valence-corrected chi connectivity index (χ2v) is 20.1. The van der Waals surface area contributed by atoms with Crippen LogP contribution in [0, 0.1) is 0 Å². The van der Waals surface area contributed by atoms with Gasteiger partial charge in [0.25, 0.3) is 0 Å². The van der Waals surface area contributed by atoms with Crippen molar-refractivity contribution in [1.29, 1.82) is 0 Å². The first-order valence-corrected chi connectivity index (χ1v) is 25.4. The number of carbonyl (C=O) groups is 8. The molecule has 0 atom stereocenters. The molecule has 0 bridgehead atoms. The van der Waals surface area contributed by atoms with E-state index in [-0.39, 0.29) is 95.0 Å². The molecule has 0 aliphatic carbocycles. The van der Waals surface area contributed by atoms with Crippen molar-refractivity contribution < 1.29 is 137 Å². The van der Waals surface area contributed by atoms with Crippen LogP contribution in [-0.2, 0) is 117 Å². The molecule has 0 heterocycles. The summed E-state index contributed by atoms with van der Waals surface area (Å²) < 4.78 is 65.2. The summed E-state index contributed by atoms with van der Waals surface area (Å²) in [6.07, 6.45) is -7.77. The van der Waals surface area contributed by atoms with Crippen LogP contribution >= 0.6 is 0 Å². The first-order chi connectivity index (χ1) is 34.3. The van der Waals surface area contributed by atoms with Crippen molar-refractivity contribution >= 4 is 47.0 Å². The van der Waals surface area contributed by atoms with Gasteiger partial charge in [0.2, 0.25) is 23.1 Å². The summed E-state index contributed by atoms with van der Waals surface area (Å²) in [6, 6.07) is 0. The normalized spacial score (nSPS) is 12.3. The van der Waals surface area contributed by atoms with Gasteiger partial charge in [-0.2, -0.15) is 0 Å². The number of rotatable bonds is 36. The smallest absolute Gasteiger partial charge is 0.550 e. The van der Waals surface area contributed by atoms with Crippen LogP contribution in [0.15, 0.2) is 0 Å². The molecule has 0 radical (unpaired) electrons. The summed E-state index contributed by atoms with van der Waals surface area (Å²) in [5, 5.41) is 42.5. The molecule has 0 aromatic heterocycles. The fraction of sp³-hybridized carbons (Fsp3) is 0.846. The Morgan fingerprint density at radius 2 is 0.312 bits per heavy atom. The second-order valence-electron chi connectivity index (χ2n) is 20.1. The van der Waals surface area contributed by atoms with Gasteiger partial charge < -0.3 is 96.4 Å². The quantitative estimate of drug-likeness (QED) is 0.0494. The van der Waals surface area contributed by atoms with Crippen LogP contribution in [0.4, 0.5) is 0 Å². The Labute approximate surface area is 471 Å². The van der Waals surface area contributed by atoms with E-state index in [9.17, 15) is 58.8 Å². The van der Waals surface area contributed by atoms with Crippen molar-refractivity contribution in [2.45, 2.75) is 289 Å². The number of ether oxygens (including phenoxy) is 12. The summed E-state index contributed by atoms with van der Waals surface area (Å²) in [5.74, 6) is -17.3. The standard InChI is InChI=1S/4C13H24O6.Ti/c4*1-8(2)17-13(18-9(3)4,19-10(5)6)11(14)7-12(15)16;/h4*8-10H,7H2,1-6H3,(H,15,16);/q;;;;+4/p-4. The summed E-state index contributed by atoms with van der Waals surface area (Å²) in [4.78, 5) is 90.8. The maximum atomic E-state index is 12.1. The molecule has 0 aromatic carbocycles. The predicted molar refractivity (Wildman–Crippen MR) is 264 cm³/mol. The maximum absolute atomic E-state index is 12.1. The summed E-state index contributed by atoms with van der Waals surface area (Å²) in [5.41, 5.74) is 0. The fourth-order valence-corrected chi connectivity index (χ4v) is 5.80. The van der Waals surface area contributed by atoms with E-state index in [0.717, 1.165) is 0 Å². The molecule has 0 N–H and O–H groups in total. The summed E-state index contributed by atoms with van der Waals surface area (Å²) >= 11 is 0. The monoisotopic (exact) mass is 1150 g/mol. The number of carboxylic acids is 4. The van der Waals surface area contributed by atoms with Crippen molar-refractivity contribution in [2.24, 2.45) is 0 Å². The van der Waals surface area contributed by atoms with Crippen LogP contribution in [0.5, 0.6) is 0 Å². The number of ketones is 4. The van der Waals surface area contributed by atoms with Gasteiger partial charge in [-0.3, -0.25) is 19.2 Å². The molecule has 25 heteroatoms. The van der Waals surface area contributed by atoms with Crippen LogP contribution in [0.3, 0.4) is 0 Å². The van der Waals surface area contributed by atoms with Crippen LogP contribution in [0.2, 0.25) is 0 Å². The van der Waals surface area contributed by atoms with E-state index < -0.39 is 96.6 Å². The fourth-order valence-electron chi connectivity index (χ4n) is 5.80. The Kier molecular flexibility index (Phi) is 43.0. The molecule has 0 unspecified atom stereocenters. The molecule has 0 saturated heterocycles. The molecule has 77 heavy (non-hydrogen) atoms. The van der Waals surface area contributed by atoms with E-state index in [1.807, 2.05) is 0 Å². The molecule has 0 rings (SSSR count). The minimum Gasteiger partial charge on any atom is -0.550 e. The second kappa shape index (κ2) is 40.0. The molecule has 0 aromatic rings. The van der Waals surface area contributed by atoms with Gasteiger partial charge in [-0.25, -0.2) is 0 Å². The topological polar surface area (TPSA) is 340 Å². The summed E-state index contributed by atoms with van der Waals surface area (Å²) in [6.45, 7) is 40.9. The van der Waals surface area contributed by atoms with Gasteiger partial charge in [0.1, 0.15) is 0 Å². The molecule has 0 spiro atoms. The molecule has 0 aliphatic heterocycles. The Morgan fingerprint density at radius 3 is 0.364 bits per heavy atom. The average molecular weight is 1150 g/mol. The number of carbonyl (C=O) groups excluding carboxylic acids is 8. The third-order valence-corrected chi connectivity index (χ3v) is 7.28. The Morgan fingerprint density at radius 1 is 0.234 bits per heavy atom. The van der Waals surface area contributed by atoms with Crippen LogP contribution < -0.4 is 20.4 Å². The Bertz CT molecular complexity index is 1380. The number of carboxylic acid groups (broad SMARTS) is 4. The largest absolute Gasteiger partial charge is 4.00 e. The first kappa shape index (κ1) is 82.6. The van der Waals surface area contributed by atoms with Crippen LogP contribution in [-0.4, -0.2) is 144 Å². The van der Waals surface area contributed by atoms with E-state index >= 15 is 0 Å². The third-order valence-electron chi connectivity index (χ3n) is 7.28. The van der Waals surface area contributed by atoms with E-state index in [4.69, 9.17) is 56.8 Å². The molecule has 448 valence electrons. The molecule has 24 nitrogen and oxygen atoms in total. The first-order valence-electron chi connectivity index (χ1n) is 25.4. The SMILES string of the molecule is CC(C)OC(OC(C)C)(OC(C)C)C(=O)CC(=O)[O-].CC(C)OC(OC(C)C)(OC(C)C)C(=O)CC(=O)[O-].CC(C)OC(OC(C)C)(OC(C)C)C(=O)CC(=O)[O-].CC(C)OC(OC(C)C)(OC(C)C)C(=O)CC(=O)[O-].[Ti+4]. The van der Waals surface area contributed by atoms with Gasteiger partial charge in [0, 0.05) is 23.9 Å². The van der Waals surface area contributed by atoms with Crippen LogP contribution in [0.25, 0.3) is 0 Å². The van der Waals surface area contributed by atoms with Crippen LogP contribution in [0.1, 0.15) is 192 Å². The van der Waals surface area contributed by atoms with Gasteiger partial charge >= 0.3 is 45.6 Å². The number of hydrogen-bond donors (Lipinski definition) is 0. The molecule has 0 aliphatic rings. The number of Topliss-reactive ketones (excluding diaryl/α,β-unsaturated/α-hetero) is 4. The van der Waals surface area contributed by atoms with E-state index in [1.165, 1.54) is 0 Å². The summed E-state index contributed by atoms with van der Waals surface area (Å²) in [7, 11) is 0. The van der Waals surface area contributed by atoms with Gasteiger partial charge in [0.15, 0.2) is 0 Å². The zero-order valence-electron chi connectivity index (χ0n) is 50.1. The van der Waals surface area contributed by atoms with Crippen molar-refractivity contribution in [2.75, 3.05) is 0 Å². The predicted octanol–water partition coefficient (Wildman–Crippen LogP) is 2.49. The van der Waals surface area contributed by atoms with E-state index in [2.05, 4.69) is 0 Å². The van der Waals surface area contributed by atoms with Crippen molar-refractivity contribution in [3.8, 4) is 0 Å². The maximum Gasteiger partial charge on any atom is 4.00 e. The van der Waals surface area contributed by atoms with Crippen molar-refractivity contribution in [3.63, 3.8) is 0 Å². The number of hydrogen-bond acceptors (Lipinski definition) is 24. The molecular weight excluding hydrogens is 1060 g/mol. The van der Waals surface area contributed by atoms with Crippen molar-refractivity contribution in [1.82, 2.24) is 0 Å². The van der Waals surface area contributed by atoms with Gasteiger partial charge in [-0.15, -0.1) is 0 Å². The van der Waals surface area contributed by atoms with Crippen molar-refractivity contribution in [3.05, 3.63) is 0 Å². The zero-order chi connectivity index (χ0) is 60.9. The van der Waals surface area contributed by atoms with Gasteiger partial charge in [-0.1, -0.05) is 0 Å². The van der Waals surface area contributed by atoms with Gasteiger partial charge in [-0.05, 0) is 166 Å². The molecule has 0 saturated carbocycles. The molecule has 0 fully saturated rings. The third kappa shape index (κ3) is 38.9.